The van der Waals surface area contributed by atoms with Crippen molar-refractivity contribution in [1.29, 1.82) is 0 Å². The van der Waals surface area contributed by atoms with Crippen LogP contribution < -0.4 is 0 Å². The molecule has 5 nitrogen and oxygen atoms in total. The van der Waals surface area contributed by atoms with E-state index in [-0.39, 0.29) is 18.2 Å². The van der Waals surface area contributed by atoms with E-state index in [9.17, 15) is 14.4 Å². The van der Waals surface area contributed by atoms with Crippen LogP contribution in [-0.4, -0.2) is 40.3 Å². The molecule has 1 amide bonds. The van der Waals surface area contributed by atoms with Gasteiger partial charge in [-0.2, -0.15) is 0 Å². The summed E-state index contributed by atoms with van der Waals surface area (Å²) in [7, 11) is 0. The van der Waals surface area contributed by atoms with Crippen LogP contribution in [0.4, 0.5) is 0 Å². The Bertz CT molecular complexity index is 440. The zero-order valence-corrected chi connectivity index (χ0v) is 13.1. The first kappa shape index (κ1) is 17.4. The molecule has 0 aliphatic carbocycles. The summed E-state index contributed by atoms with van der Waals surface area (Å²) >= 11 is 0. The average molecular weight is 295 g/mol. The SMILES string of the molecule is CCC(C)(C)C(=O)C(=O)N1CCCC1C/C=C/CC(=O)O. The van der Waals surface area contributed by atoms with Gasteiger partial charge in [0.15, 0.2) is 0 Å². The maximum absolute atomic E-state index is 12.4. The van der Waals surface area contributed by atoms with Gasteiger partial charge in [0, 0.05) is 18.0 Å². The molecule has 1 unspecified atom stereocenters. The molecular weight excluding hydrogens is 270 g/mol. The minimum absolute atomic E-state index is 0.0114. The van der Waals surface area contributed by atoms with Crippen molar-refractivity contribution in [3.63, 3.8) is 0 Å². The van der Waals surface area contributed by atoms with Gasteiger partial charge in [-0.3, -0.25) is 14.4 Å². The molecule has 1 heterocycles. The Hall–Kier alpha value is -1.65. The zero-order chi connectivity index (χ0) is 16.0. The normalized spacial score (nSPS) is 19.2. The second-order valence-electron chi connectivity index (χ2n) is 6.17. The van der Waals surface area contributed by atoms with Gasteiger partial charge in [0.1, 0.15) is 0 Å². The number of rotatable bonds is 7. The Balaban J connectivity index is 2.64. The molecule has 21 heavy (non-hydrogen) atoms. The Morgan fingerprint density at radius 1 is 1.29 bits per heavy atom. The molecule has 0 radical (unpaired) electrons. The van der Waals surface area contributed by atoms with Gasteiger partial charge >= 0.3 is 5.97 Å². The molecule has 1 atom stereocenters. The summed E-state index contributed by atoms with van der Waals surface area (Å²) < 4.78 is 0. The third-order valence-electron chi connectivity index (χ3n) is 4.20. The number of likely N-dealkylation sites (tertiary alicyclic amines) is 1. The van der Waals surface area contributed by atoms with Crippen LogP contribution >= 0.6 is 0 Å². The van der Waals surface area contributed by atoms with E-state index in [1.165, 1.54) is 0 Å². The van der Waals surface area contributed by atoms with E-state index in [0.717, 1.165) is 12.8 Å². The summed E-state index contributed by atoms with van der Waals surface area (Å²) in [5.41, 5.74) is -0.622. The molecular formula is C16H25NO4. The predicted molar refractivity (Wildman–Crippen MR) is 79.8 cm³/mol. The fourth-order valence-electron chi connectivity index (χ4n) is 2.37. The molecule has 0 aromatic carbocycles. The monoisotopic (exact) mass is 295 g/mol. The standard InChI is InChI=1S/C16H25NO4/c1-4-16(2,3)14(20)15(21)17-11-7-9-12(17)8-5-6-10-13(18)19/h5-6,12H,4,7-11H2,1-3H3,(H,18,19)/b6-5+. The largest absolute Gasteiger partial charge is 0.481 e. The van der Waals surface area contributed by atoms with Gasteiger partial charge in [0.05, 0.1) is 6.42 Å². The summed E-state index contributed by atoms with van der Waals surface area (Å²) in [5, 5.41) is 8.57. The van der Waals surface area contributed by atoms with Crippen molar-refractivity contribution < 1.29 is 19.5 Å². The van der Waals surface area contributed by atoms with Crippen molar-refractivity contribution in [2.24, 2.45) is 5.41 Å². The number of ketones is 1. The Morgan fingerprint density at radius 2 is 1.95 bits per heavy atom. The first-order valence-corrected chi connectivity index (χ1v) is 7.51. The van der Waals surface area contributed by atoms with Crippen molar-refractivity contribution >= 4 is 17.7 Å². The lowest BCUT2D eigenvalue weighted by atomic mass is 9.84. The van der Waals surface area contributed by atoms with E-state index in [1.54, 1.807) is 30.9 Å². The van der Waals surface area contributed by atoms with Gasteiger partial charge in [-0.05, 0) is 25.7 Å². The number of amides is 1. The van der Waals surface area contributed by atoms with Gasteiger partial charge in [-0.25, -0.2) is 0 Å². The highest BCUT2D eigenvalue weighted by Gasteiger charge is 2.38. The van der Waals surface area contributed by atoms with Gasteiger partial charge in [0.2, 0.25) is 5.78 Å². The van der Waals surface area contributed by atoms with E-state index < -0.39 is 17.3 Å². The van der Waals surface area contributed by atoms with Crippen LogP contribution in [0, 0.1) is 5.41 Å². The van der Waals surface area contributed by atoms with Crippen molar-refractivity contribution in [3.8, 4) is 0 Å². The quantitative estimate of drug-likeness (QED) is 0.578. The topological polar surface area (TPSA) is 74.7 Å². The summed E-state index contributed by atoms with van der Waals surface area (Å²) in [5.74, 6) is -1.59. The molecule has 1 aliphatic heterocycles. The molecule has 1 aliphatic rings. The molecule has 5 heteroatoms. The summed E-state index contributed by atoms with van der Waals surface area (Å²) in [6.45, 7) is 6.11. The maximum Gasteiger partial charge on any atom is 0.307 e. The first-order chi connectivity index (χ1) is 9.79. The minimum atomic E-state index is -0.870. The number of aliphatic carboxylic acids is 1. The highest BCUT2D eigenvalue weighted by molar-refractivity contribution is 6.38. The molecule has 0 aromatic heterocycles. The van der Waals surface area contributed by atoms with E-state index in [2.05, 4.69) is 0 Å². The summed E-state index contributed by atoms with van der Waals surface area (Å²) in [6.07, 6.45) is 6.38. The van der Waals surface area contributed by atoms with E-state index in [4.69, 9.17) is 5.11 Å². The molecule has 1 saturated heterocycles. The van der Waals surface area contributed by atoms with Crippen LogP contribution in [-0.2, 0) is 14.4 Å². The number of Topliss-reactive ketones (excluding diaryl/α,β-unsaturated/α-hetero) is 1. The van der Waals surface area contributed by atoms with Crippen molar-refractivity contribution in [3.05, 3.63) is 12.2 Å². The number of carboxylic acid groups (broad SMARTS) is 1. The number of carbonyl (C=O) groups excluding carboxylic acids is 2. The van der Waals surface area contributed by atoms with Gasteiger partial charge in [-0.15, -0.1) is 0 Å². The predicted octanol–water partition coefficient (Wildman–Crippen LogP) is 2.40. The maximum atomic E-state index is 12.4. The highest BCUT2D eigenvalue weighted by atomic mass is 16.4. The third-order valence-corrected chi connectivity index (χ3v) is 4.20. The molecule has 0 bridgehead atoms. The third kappa shape index (κ3) is 4.69. The lowest BCUT2D eigenvalue weighted by Crippen LogP contribution is -2.44. The Labute approximate surface area is 126 Å². The summed E-state index contributed by atoms with van der Waals surface area (Å²) in [4.78, 5) is 36.7. The van der Waals surface area contributed by atoms with Gasteiger partial charge in [0.25, 0.3) is 5.91 Å². The van der Waals surface area contributed by atoms with Crippen LogP contribution in [0.5, 0.6) is 0 Å². The van der Waals surface area contributed by atoms with Crippen LogP contribution in [0.2, 0.25) is 0 Å². The van der Waals surface area contributed by atoms with Crippen LogP contribution in [0.25, 0.3) is 0 Å². The number of carboxylic acids is 1. The van der Waals surface area contributed by atoms with Crippen molar-refractivity contribution in [2.75, 3.05) is 6.54 Å². The van der Waals surface area contributed by atoms with Crippen molar-refractivity contribution in [2.45, 2.75) is 58.9 Å². The zero-order valence-electron chi connectivity index (χ0n) is 13.1. The van der Waals surface area contributed by atoms with Gasteiger partial charge < -0.3 is 10.0 Å². The number of nitrogens with zero attached hydrogens (tertiary/aromatic N) is 1. The Morgan fingerprint density at radius 3 is 2.52 bits per heavy atom. The Kier molecular flexibility index (Phi) is 6.12. The average Bonchev–Trinajstić information content (AvgIpc) is 2.90. The van der Waals surface area contributed by atoms with Crippen molar-refractivity contribution in [1.82, 2.24) is 4.90 Å². The second-order valence-corrected chi connectivity index (χ2v) is 6.17. The molecule has 1 N–H and O–H groups in total. The van der Waals surface area contributed by atoms with E-state index >= 15 is 0 Å². The van der Waals surface area contributed by atoms with E-state index in [1.807, 2.05) is 6.92 Å². The second kappa shape index (κ2) is 7.38. The lowest BCUT2D eigenvalue weighted by molar-refractivity contribution is -0.149. The van der Waals surface area contributed by atoms with Gasteiger partial charge in [-0.1, -0.05) is 32.9 Å². The molecule has 0 saturated carbocycles. The first-order valence-electron chi connectivity index (χ1n) is 7.51. The highest BCUT2D eigenvalue weighted by Crippen LogP contribution is 2.26. The number of hydrogen-bond acceptors (Lipinski definition) is 3. The lowest BCUT2D eigenvalue weighted by Gasteiger charge is -2.27. The van der Waals surface area contributed by atoms with Crippen LogP contribution in [0.1, 0.15) is 52.9 Å². The molecule has 1 fully saturated rings. The molecule has 0 spiro atoms. The fraction of sp³-hybridized carbons (Fsp3) is 0.688. The fourth-order valence-corrected chi connectivity index (χ4v) is 2.37. The van der Waals surface area contributed by atoms with E-state index in [0.29, 0.717) is 19.4 Å². The smallest absolute Gasteiger partial charge is 0.307 e. The van der Waals surface area contributed by atoms with Crippen LogP contribution in [0.15, 0.2) is 12.2 Å². The summed E-state index contributed by atoms with van der Waals surface area (Å²) in [6, 6.07) is 0.0131. The molecule has 0 aromatic rings. The molecule has 1 rings (SSSR count). The molecule has 118 valence electrons. The number of carbonyl (C=O) groups is 3. The minimum Gasteiger partial charge on any atom is -0.481 e. The number of hydrogen-bond donors (Lipinski definition) is 1. The van der Waals surface area contributed by atoms with Crippen LogP contribution in [0.3, 0.4) is 0 Å².